The van der Waals surface area contributed by atoms with Crippen molar-refractivity contribution in [1.29, 1.82) is 0 Å². The summed E-state index contributed by atoms with van der Waals surface area (Å²) in [5.74, 6) is 2.72. The first-order chi connectivity index (χ1) is 14.7. The monoisotopic (exact) mass is 419 g/mol. The van der Waals surface area contributed by atoms with Crippen LogP contribution in [0.15, 0.2) is 36.2 Å². The van der Waals surface area contributed by atoms with E-state index in [-0.39, 0.29) is 22.6 Å². The first kappa shape index (κ1) is 20.5. The van der Waals surface area contributed by atoms with Crippen LogP contribution >= 0.6 is 0 Å². The molecule has 0 radical (unpaired) electrons. The van der Waals surface area contributed by atoms with E-state index in [4.69, 9.17) is 0 Å². The molecule has 2 fully saturated rings. The van der Waals surface area contributed by atoms with Crippen molar-refractivity contribution in [3.63, 3.8) is 0 Å². The lowest BCUT2D eigenvalue weighted by atomic mass is 9.49. The molecule has 0 spiro atoms. The van der Waals surface area contributed by atoms with Gasteiger partial charge in [0.1, 0.15) is 5.82 Å². The van der Waals surface area contributed by atoms with Crippen molar-refractivity contribution in [2.24, 2.45) is 28.6 Å². The lowest BCUT2D eigenvalue weighted by Crippen LogP contribution is -2.53. The van der Waals surface area contributed by atoms with E-state index >= 15 is 0 Å². The van der Waals surface area contributed by atoms with E-state index in [0.29, 0.717) is 30.0 Å². The lowest BCUT2D eigenvalue weighted by molar-refractivity contribution is -0.135. The Hall–Kier alpha value is -2.43. The maximum atomic E-state index is 12.3. The van der Waals surface area contributed by atoms with Crippen molar-refractivity contribution in [2.45, 2.75) is 59.3 Å². The number of allylic oxidation sites excluding steroid dienone is 4. The van der Waals surface area contributed by atoms with E-state index in [1.54, 1.807) is 0 Å². The van der Waals surface area contributed by atoms with Gasteiger partial charge in [-0.3, -0.25) is 9.59 Å². The molecule has 5 rings (SSSR count). The number of piperidine rings is 1. The SMILES string of the molecule is CC(=O)Nc1ccc(C2=CCC3C4CC=C5N(C)C(=O)CCC5(C)C4CCC23C)cn1. The summed E-state index contributed by atoms with van der Waals surface area (Å²) >= 11 is 0. The quantitative estimate of drug-likeness (QED) is 0.732. The first-order valence-electron chi connectivity index (χ1n) is 11.7. The van der Waals surface area contributed by atoms with Crippen molar-refractivity contribution >= 4 is 23.2 Å². The van der Waals surface area contributed by atoms with Gasteiger partial charge in [0.15, 0.2) is 0 Å². The molecular weight excluding hydrogens is 386 g/mol. The Bertz CT molecular complexity index is 994. The molecule has 164 valence electrons. The molecule has 1 saturated carbocycles. The minimum Gasteiger partial charge on any atom is -0.319 e. The van der Waals surface area contributed by atoms with Crippen LogP contribution in [-0.4, -0.2) is 28.7 Å². The topological polar surface area (TPSA) is 62.3 Å². The van der Waals surface area contributed by atoms with E-state index in [9.17, 15) is 9.59 Å². The van der Waals surface area contributed by atoms with Gasteiger partial charge in [-0.05, 0) is 78.5 Å². The van der Waals surface area contributed by atoms with Gasteiger partial charge in [-0.25, -0.2) is 4.98 Å². The van der Waals surface area contributed by atoms with Crippen molar-refractivity contribution < 1.29 is 9.59 Å². The molecule has 5 heteroatoms. The molecule has 1 N–H and O–H groups in total. The molecule has 4 aliphatic rings. The summed E-state index contributed by atoms with van der Waals surface area (Å²) in [6.07, 6.45) is 13.0. The number of aromatic nitrogens is 1. The summed E-state index contributed by atoms with van der Waals surface area (Å²) in [5.41, 5.74) is 4.17. The molecule has 31 heavy (non-hydrogen) atoms. The molecule has 1 aromatic heterocycles. The van der Waals surface area contributed by atoms with Gasteiger partial charge in [-0.15, -0.1) is 0 Å². The molecule has 1 aromatic rings. The zero-order valence-electron chi connectivity index (χ0n) is 19.1. The molecule has 0 aromatic carbocycles. The van der Waals surface area contributed by atoms with Crippen LogP contribution in [0, 0.1) is 28.6 Å². The van der Waals surface area contributed by atoms with Gasteiger partial charge in [0.25, 0.3) is 0 Å². The average Bonchev–Trinajstić information content (AvgIpc) is 3.08. The number of anilines is 1. The molecule has 1 saturated heterocycles. The maximum absolute atomic E-state index is 12.3. The highest BCUT2D eigenvalue weighted by atomic mass is 16.2. The highest BCUT2D eigenvalue weighted by Gasteiger charge is 2.57. The molecule has 5 unspecified atom stereocenters. The number of nitrogens with zero attached hydrogens (tertiary/aromatic N) is 2. The van der Waals surface area contributed by atoms with E-state index in [1.807, 2.05) is 24.2 Å². The van der Waals surface area contributed by atoms with E-state index in [2.05, 4.69) is 42.4 Å². The minimum atomic E-state index is -0.0982. The van der Waals surface area contributed by atoms with Crippen LogP contribution < -0.4 is 5.32 Å². The third-order valence-electron chi connectivity index (χ3n) is 8.98. The van der Waals surface area contributed by atoms with Gasteiger partial charge in [0, 0.05) is 37.7 Å². The average molecular weight is 420 g/mol. The molecule has 3 aliphatic carbocycles. The fraction of sp³-hybridized carbons (Fsp3) is 0.577. The Morgan fingerprint density at radius 3 is 2.65 bits per heavy atom. The molecule has 1 aliphatic heterocycles. The van der Waals surface area contributed by atoms with Crippen molar-refractivity contribution in [1.82, 2.24) is 9.88 Å². The number of carbonyl (C=O) groups is 2. The fourth-order valence-corrected chi connectivity index (χ4v) is 7.40. The van der Waals surface area contributed by atoms with E-state index in [0.717, 1.165) is 19.3 Å². The smallest absolute Gasteiger partial charge is 0.226 e. The molecule has 2 amide bonds. The Morgan fingerprint density at radius 1 is 1.13 bits per heavy atom. The predicted octanol–water partition coefficient (Wildman–Crippen LogP) is 5.02. The van der Waals surface area contributed by atoms with Gasteiger partial charge in [-0.1, -0.05) is 26.0 Å². The Morgan fingerprint density at radius 2 is 1.94 bits per heavy atom. The second-order valence-corrected chi connectivity index (χ2v) is 10.5. The summed E-state index contributed by atoms with van der Waals surface area (Å²) in [6.45, 7) is 6.37. The summed E-state index contributed by atoms with van der Waals surface area (Å²) < 4.78 is 0. The molecule has 0 bridgehead atoms. The largest absolute Gasteiger partial charge is 0.319 e. The first-order valence-corrected chi connectivity index (χ1v) is 11.7. The van der Waals surface area contributed by atoms with Crippen LogP contribution in [0.2, 0.25) is 0 Å². The third kappa shape index (κ3) is 3.00. The van der Waals surface area contributed by atoms with Crippen LogP contribution in [0.1, 0.15) is 64.9 Å². The summed E-state index contributed by atoms with van der Waals surface area (Å²) in [4.78, 5) is 30.0. The van der Waals surface area contributed by atoms with Crippen LogP contribution in [0.5, 0.6) is 0 Å². The number of nitrogens with one attached hydrogen (secondary N) is 1. The van der Waals surface area contributed by atoms with Crippen LogP contribution in [0.4, 0.5) is 5.82 Å². The van der Waals surface area contributed by atoms with Gasteiger partial charge in [-0.2, -0.15) is 0 Å². The summed E-state index contributed by atoms with van der Waals surface area (Å²) in [6, 6.07) is 4.01. The van der Waals surface area contributed by atoms with E-state index < -0.39 is 0 Å². The van der Waals surface area contributed by atoms with Crippen LogP contribution in [-0.2, 0) is 9.59 Å². The Labute approximate surface area is 185 Å². The second kappa shape index (κ2) is 7.04. The van der Waals surface area contributed by atoms with Gasteiger partial charge >= 0.3 is 0 Å². The van der Waals surface area contributed by atoms with Gasteiger partial charge in [0.2, 0.25) is 11.8 Å². The number of fused-ring (bicyclic) bond motifs is 5. The highest BCUT2D eigenvalue weighted by Crippen LogP contribution is 2.65. The van der Waals surface area contributed by atoms with Crippen molar-refractivity contribution in [3.8, 4) is 0 Å². The maximum Gasteiger partial charge on any atom is 0.226 e. The number of amides is 2. The fourth-order valence-electron chi connectivity index (χ4n) is 7.40. The predicted molar refractivity (Wildman–Crippen MR) is 122 cm³/mol. The van der Waals surface area contributed by atoms with Gasteiger partial charge in [0.05, 0.1) is 0 Å². The lowest BCUT2D eigenvalue weighted by Gasteiger charge is -2.58. The molecule has 5 atom stereocenters. The van der Waals surface area contributed by atoms with E-state index in [1.165, 1.54) is 36.6 Å². The number of carbonyl (C=O) groups excluding carboxylic acids is 2. The molecule has 5 nitrogen and oxygen atoms in total. The second-order valence-electron chi connectivity index (χ2n) is 10.5. The Balaban J connectivity index is 1.42. The Kier molecular flexibility index (Phi) is 4.65. The standard InChI is InChI=1S/C26H33N3O2/c1-16(30)28-23-10-5-17(15-27-23)19-7-8-20-18-6-9-22-26(3,14-12-24(31)29(22)4)21(18)11-13-25(19,20)2/h5,7,9-10,15,18,20-21H,6,8,11-14H2,1-4H3,(H,27,28,30). The summed E-state index contributed by atoms with van der Waals surface area (Å²) in [5, 5.41) is 2.76. The molecule has 2 heterocycles. The zero-order valence-corrected chi connectivity index (χ0v) is 19.1. The van der Waals surface area contributed by atoms with Gasteiger partial charge < -0.3 is 10.2 Å². The summed E-state index contributed by atoms with van der Waals surface area (Å²) in [7, 11) is 1.96. The molecular formula is C26H33N3O2. The van der Waals surface area contributed by atoms with Crippen LogP contribution in [0.3, 0.4) is 0 Å². The normalized spacial score (nSPS) is 36.7. The number of hydrogen-bond acceptors (Lipinski definition) is 3. The minimum absolute atomic E-state index is 0.0982. The van der Waals surface area contributed by atoms with Crippen LogP contribution in [0.25, 0.3) is 5.57 Å². The number of rotatable bonds is 2. The third-order valence-corrected chi connectivity index (χ3v) is 8.98. The highest BCUT2D eigenvalue weighted by molar-refractivity contribution is 5.87. The number of hydrogen-bond donors (Lipinski definition) is 1. The van der Waals surface area contributed by atoms with Crippen molar-refractivity contribution in [2.75, 3.05) is 12.4 Å². The number of pyridine rings is 1. The number of likely N-dealkylation sites (tertiary alicyclic amines) is 1. The van der Waals surface area contributed by atoms with Crippen molar-refractivity contribution in [3.05, 3.63) is 41.7 Å². The zero-order chi connectivity index (χ0) is 22.0.